The summed E-state index contributed by atoms with van der Waals surface area (Å²) in [6.45, 7) is 7.02. The number of rotatable bonds is 10. The van der Waals surface area contributed by atoms with Crippen molar-refractivity contribution in [3.8, 4) is 0 Å². The second kappa shape index (κ2) is 11.0. The summed E-state index contributed by atoms with van der Waals surface area (Å²) < 4.78 is 12.0. The lowest BCUT2D eigenvalue weighted by atomic mass is 10.0. The average molecular weight is 446 g/mol. The molecular weight excluding hydrogens is 413 g/mol. The van der Waals surface area contributed by atoms with Crippen molar-refractivity contribution >= 4 is 37.0 Å². The molecule has 0 aromatic heterocycles. The topological polar surface area (TPSA) is 128 Å². The minimum absolute atomic E-state index is 0.0713. The number of hydrogen-bond acceptors (Lipinski definition) is 4. The number of amides is 3. The van der Waals surface area contributed by atoms with Gasteiger partial charge in [-0.3, -0.25) is 9.36 Å². The van der Waals surface area contributed by atoms with Crippen molar-refractivity contribution in [2.45, 2.75) is 63.2 Å². The van der Waals surface area contributed by atoms with Gasteiger partial charge in [-0.05, 0) is 55.7 Å². The van der Waals surface area contributed by atoms with Gasteiger partial charge < -0.3 is 25.7 Å². The third kappa shape index (κ3) is 7.33. The Balaban J connectivity index is 2.93. The van der Waals surface area contributed by atoms with Crippen molar-refractivity contribution in [3.63, 3.8) is 0 Å². The van der Waals surface area contributed by atoms with Crippen molar-refractivity contribution < 1.29 is 23.9 Å². The van der Waals surface area contributed by atoms with Crippen LogP contribution in [0.1, 0.15) is 47.0 Å². The monoisotopic (exact) mass is 445 g/mol. The predicted octanol–water partition coefficient (Wildman–Crippen LogP) is 3.75. The van der Waals surface area contributed by atoms with Gasteiger partial charge >= 0.3 is 13.6 Å². The van der Waals surface area contributed by atoms with E-state index in [4.69, 9.17) is 0 Å². The molecule has 0 spiro atoms. The minimum Gasteiger partial charge on any atom is -0.338 e. The maximum atomic E-state index is 12.8. The number of benzene rings is 1. The van der Waals surface area contributed by atoms with Crippen molar-refractivity contribution in [1.82, 2.24) is 10.6 Å². The number of carbonyl (C=O) groups excluding carboxylic acids is 2. The molecule has 1 atom stereocenters. The summed E-state index contributed by atoms with van der Waals surface area (Å²) in [6, 6.07) is 5.78. The van der Waals surface area contributed by atoms with Crippen LogP contribution in [-0.4, -0.2) is 39.3 Å². The van der Waals surface area contributed by atoms with Gasteiger partial charge in [-0.1, -0.05) is 27.7 Å². The highest BCUT2D eigenvalue weighted by Gasteiger charge is 2.46. The van der Waals surface area contributed by atoms with Gasteiger partial charge in [-0.25, -0.2) is 4.79 Å². The number of anilines is 1. The molecule has 0 aliphatic carbocycles. The molecule has 0 aliphatic heterocycles. The van der Waals surface area contributed by atoms with Crippen LogP contribution in [0.5, 0.6) is 0 Å². The summed E-state index contributed by atoms with van der Waals surface area (Å²) in [5.41, 5.74) is 0.579. The normalized spacial score (nSPS) is 13.1. The SMILES string of the molecule is CCC(CC)(NC(=O)[C@H](CC(C)C)NC(=O)Nc1ccc(SC)cc1)P(=O)(O)O. The standard InChI is InChI=1S/C19H32N3O5PS/c1-6-19(7-2,28(25,26)27)22-17(23)16(12-13(3)4)21-18(24)20-14-8-10-15(29-5)11-9-14/h8-11,13,16H,6-7,12H2,1-5H3,(H,22,23)(H2,20,21,24)(H2,25,26,27)/t16-/m0/s1. The largest absolute Gasteiger partial charge is 0.350 e. The Kier molecular flexibility index (Phi) is 9.68. The third-order valence-electron chi connectivity index (χ3n) is 4.76. The molecule has 164 valence electrons. The zero-order valence-corrected chi connectivity index (χ0v) is 19.3. The van der Waals surface area contributed by atoms with E-state index in [2.05, 4.69) is 16.0 Å². The van der Waals surface area contributed by atoms with Crippen molar-refractivity contribution in [2.75, 3.05) is 11.6 Å². The van der Waals surface area contributed by atoms with E-state index in [0.717, 1.165) is 4.90 Å². The molecule has 10 heteroatoms. The van der Waals surface area contributed by atoms with Crippen molar-refractivity contribution in [1.29, 1.82) is 0 Å². The fraction of sp³-hybridized carbons (Fsp3) is 0.579. The minimum atomic E-state index is -4.59. The van der Waals surface area contributed by atoms with Gasteiger partial charge in [-0.2, -0.15) is 0 Å². The Hall–Kier alpha value is -1.54. The highest BCUT2D eigenvalue weighted by molar-refractivity contribution is 7.98. The van der Waals surface area contributed by atoms with Crippen LogP contribution in [0.4, 0.5) is 10.5 Å². The van der Waals surface area contributed by atoms with E-state index in [1.807, 2.05) is 32.2 Å². The van der Waals surface area contributed by atoms with E-state index in [1.54, 1.807) is 37.7 Å². The number of urea groups is 1. The fourth-order valence-corrected chi connectivity index (χ4v) is 4.42. The van der Waals surface area contributed by atoms with Crippen LogP contribution in [-0.2, 0) is 9.36 Å². The van der Waals surface area contributed by atoms with Gasteiger partial charge in [0.2, 0.25) is 5.91 Å². The molecule has 1 aromatic carbocycles. The summed E-state index contributed by atoms with van der Waals surface area (Å²) in [6.07, 6.45) is 2.42. The van der Waals surface area contributed by atoms with Crippen molar-refractivity contribution in [2.24, 2.45) is 5.92 Å². The Morgan fingerprint density at radius 1 is 1.14 bits per heavy atom. The van der Waals surface area contributed by atoms with E-state index in [0.29, 0.717) is 12.1 Å². The Labute approximate surface area is 176 Å². The molecule has 29 heavy (non-hydrogen) atoms. The van der Waals surface area contributed by atoms with Crippen LogP contribution >= 0.6 is 19.4 Å². The Morgan fingerprint density at radius 3 is 2.10 bits per heavy atom. The van der Waals surface area contributed by atoms with E-state index >= 15 is 0 Å². The van der Waals surface area contributed by atoms with Gasteiger partial charge in [-0.15, -0.1) is 11.8 Å². The summed E-state index contributed by atoms with van der Waals surface area (Å²) >= 11 is 1.58. The first kappa shape index (κ1) is 25.5. The van der Waals surface area contributed by atoms with Crippen LogP contribution in [0.3, 0.4) is 0 Å². The van der Waals surface area contributed by atoms with E-state index in [1.165, 1.54) is 0 Å². The molecule has 0 radical (unpaired) electrons. The number of carbonyl (C=O) groups is 2. The highest BCUT2D eigenvalue weighted by Crippen LogP contribution is 2.52. The van der Waals surface area contributed by atoms with Gasteiger partial charge in [0.05, 0.1) is 0 Å². The highest BCUT2D eigenvalue weighted by atomic mass is 32.2. The number of nitrogens with one attached hydrogen (secondary N) is 3. The Morgan fingerprint density at radius 2 is 1.69 bits per heavy atom. The number of hydrogen-bond donors (Lipinski definition) is 5. The molecule has 0 bridgehead atoms. The predicted molar refractivity (Wildman–Crippen MR) is 117 cm³/mol. The summed E-state index contributed by atoms with van der Waals surface area (Å²) in [4.78, 5) is 45.8. The Bertz CT molecular complexity index is 732. The lowest BCUT2D eigenvalue weighted by Gasteiger charge is -2.35. The number of thioether (sulfide) groups is 1. The molecule has 0 fully saturated rings. The first-order valence-corrected chi connectivity index (χ1v) is 12.4. The van der Waals surface area contributed by atoms with Crippen LogP contribution in [0.15, 0.2) is 29.2 Å². The smallest absolute Gasteiger partial charge is 0.338 e. The van der Waals surface area contributed by atoms with E-state index < -0.39 is 30.9 Å². The molecule has 0 saturated heterocycles. The zero-order chi connectivity index (χ0) is 22.2. The maximum Gasteiger partial charge on any atom is 0.350 e. The average Bonchev–Trinajstić information content (AvgIpc) is 2.64. The lowest BCUT2D eigenvalue weighted by Crippen LogP contribution is -2.55. The first-order chi connectivity index (χ1) is 13.5. The van der Waals surface area contributed by atoms with Crippen LogP contribution < -0.4 is 16.0 Å². The van der Waals surface area contributed by atoms with Crippen LogP contribution in [0.25, 0.3) is 0 Å². The van der Waals surface area contributed by atoms with E-state index in [9.17, 15) is 23.9 Å². The first-order valence-electron chi connectivity index (χ1n) is 9.57. The molecule has 1 aromatic rings. The molecule has 0 saturated carbocycles. The van der Waals surface area contributed by atoms with Crippen molar-refractivity contribution in [3.05, 3.63) is 24.3 Å². The van der Waals surface area contributed by atoms with Crippen LogP contribution in [0.2, 0.25) is 0 Å². The summed E-state index contributed by atoms with van der Waals surface area (Å²) in [5.74, 6) is -0.529. The molecule has 1 rings (SSSR count). The summed E-state index contributed by atoms with van der Waals surface area (Å²) in [7, 11) is -4.59. The van der Waals surface area contributed by atoms with Gasteiger partial charge in [0, 0.05) is 10.6 Å². The summed E-state index contributed by atoms with van der Waals surface area (Å²) in [5, 5.41) is 6.17. The van der Waals surface area contributed by atoms with Gasteiger partial charge in [0.1, 0.15) is 11.3 Å². The van der Waals surface area contributed by atoms with E-state index in [-0.39, 0.29) is 18.8 Å². The molecule has 0 aliphatic rings. The molecule has 5 N–H and O–H groups in total. The molecule has 8 nitrogen and oxygen atoms in total. The zero-order valence-electron chi connectivity index (χ0n) is 17.6. The maximum absolute atomic E-state index is 12.8. The van der Waals surface area contributed by atoms with Crippen LogP contribution in [0, 0.1) is 5.92 Å². The fourth-order valence-electron chi connectivity index (χ4n) is 2.93. The van der Waals surface area contributed by atoms with Gasteiger partial charge in [0.15, 0.2) is 0 Å². The molecule has 0 unspecified atom stereocenters. The quantitative estimate of drug-likeness (QED) is 0.276. The second-order valence-corrected chi connectivity index (χ2v) is 10.1. The third-order valence-corrected chi connectivity index (χ3v) is 7.36. The molecular formula is C19H32N3O5PS. The van der Waals surface area contributed by atoms with Gasteiger partial charge in [0.25, 0.3) is 0 Å². The molecule has 0 heterocycles. The lowest BCUT2D eigenvalue weighted by molar-refractivity contribution is -0.124. The second-order valence-electron chi connectivity index (χ2n) is 7.28. The molecule has 3 amide bonds.